The van der Waals surface area contributed by atoms with Gasteiger partial charge in [0.2, 0.25) is 0 Å². The molecule has 1 saturated heterocycles. The number of anilines is 1. The zero-order valence-electron chi connectivity index (χ0n) is 12.3. The van der Waals surface area contributed by atoms with Crippen molar-refractivity contribution >= 4 is 5.69 Å². The topological polar surface area (TPSA) is 18.5 Å². The lowest BCUT2D eigenvalue weighted by atomic mass is 10.1. The minimum Gasteiger partial charge on any atom is -0.372 e. The van der Waals surface area contributed by atoms with E-state index in [1.165, 1.54) is 25.2 Å². The van der Waals surface area contributed by atoms with E-state index in [0.29, 0.717) is 6.04 Å². The van der Waals surface area contributed by atoms with E-state index in [0.717, 1.165) is 26.2 Å². The van der Waals surface area contributed by atoms with Gasteiger partial charge in [0, 0.05) is 51.0 Å². The second kappa shape index (κ2) is 7.51. The lowest BCUT2D eigenvalue weighted by molar-refractivity contribution is 0.178. The number of nitrogens with zero attached hydrogens (tertiary/aromatic N) is 2. The maximum Gasteiger partial charge on any atom is 0.0366 e. The van der Waals surface area contributed by atoms with Crippen LogP contribution in [0.5, 0.6) is 0 Å². The number of nitrogens with one attached hydrogen (secondary N) is 1. The average Bonchev–Trinajstić information content (AvgIpc) is 2.49. The highest BCUT2D eigenvalue weighted by Gasteiger charge is 2.16. The molecule has 0 bridgehead atoms. The van der Waals surface area contributed by atoms with Gasteiger partial charge in [0.05, 0.1) is 0 Å². The van der Waals surface area contributed by atoms with Crippen molar-refractivity contribution in [1.29, 1.82) is 0 Å². The summed E-state index contributed by atoms with van der Waals surface area (Å²) in [6.45, 7) is 11.5. The summed E-state index contributed by atoms with van der Waals surface area (Å²) in [5, 5.41) is 3.42. The highest BCUT2D eigenvalue weighted by Crippen LogP contribution is 2.15. The van der Waals surface area contributed by atoms with Gasteiger partial charge in [-0.1, -0.05) is 18.2 Å². The van der Waals surface area contributed by atoms with E-state index >= 15 is 0 Å². The smallest absolute Gasteiger partial charge is 0.0366 e. The summed E-state index contributed by atoms with van der Waals surface area (Å²) < 4.78 is 0. The summed E-state index contributed by atoms with van der Waals surface area (Å²) in [6.07, 6.45) is 1.24. The summed E-state index contributed by atoms with van der Waals surface area (Å²) in [5.41, 5.74) is 1.34. The Morgan fingerprint density at radius 1 is 1.21 bits per heavy atom. The van der Waals surface area contributed by atoms with Gasteiger partial charge in [0.25, 0.3) is 0 Å². The SMILES string of the molecule is CCN(CCC(C)N1CCNCC1)c1ccccc1. The van der Waals surface area contributed by atoms with Crippen LogP contribution in [0, 0.1) is 0 Å². The van der Waals surface area contributed by atoms with E-state index in [9.17, 15) is 0 Å². The summed E-state index contributed by atoms with van der Waals surface area (Å²) >= 11 is 0. The molecule has 1 fully saturated rings. The Morgan fingerprint density at radius 3 is 2.53 bits per heavy atom. The van der Waals surface area contributed by atoms with Crippen LogP contribution in [-0.4, -0.2) is 50.2 Å². The van der Waals surface area contributed by atoms with Crippen molar-refractivity contribution in [2.45, 2.75) is 26.3 Å². The van der Waals surface area contributed by atoms with Crippen LogP contribution in [0.25, 0.3) is 0 Å². The zero-order chi connectivity index (χ0) is 13.5. The second-order valence-electron chi connectivity index (χ2n) is 5.34. The summed E-state index contributed by atoms with van der Waals surface area (Å²) in [5.74, 6) is 0. The largest absolute Gasteiger partial charge is 0.372 e. The quantitative estimate of drug-likeness (QED) is 0.847. The van der Waals surface area contributed by atoms with Gasteiger partial charge in [-0.05, 0) is 32.4 Å². The molecule has 19 heavy (non-hydrogen) atoms. The van der Waals surface area contributed by atoms with E-state index in [2.05, 4.69) is 59.3 Å². The lowest BCUT2D eigenvalue weighted by Crippen LogP contribution is -2.48. The fourth-order valence-electron chi connectivity index (χ4n) is 2.76. The summed E-state index contributed by atoms with van der Waals surface area (Å²) in [4.78, 5) is 5.08. The first kappa shape index (κ1) is 14.4. The van der Waals surface area contributed by atoms with Crippen LogP contribution in [0.4, 0.5) is 5.69 Å². The zero-order valence-corrected chi connectivity index (χ0v) is 12.3. The Kier molecular flexibility index (Phi) is 5.67. The van der Waals surface area contributed by atoms with E-state index in [-0.39, 0.29) is 0 Å². The Balaban J connectivity index is 1.82. The van der Waals surface area contributed by atoms with Crippen LogP contribution in [0.2, 0.25) is 0 Å². The first-order valence-corrected chi connectivity index (χ1v) is 7.56. The second-order valence-corrected chi connectivity index (χ2v) is 5.34. The predicted octanol–water partition coefficient (Wildman–Crippen LogP) is 2.20. The molecule has 0 saturated carbocycles. The number of hydrogen-bond acceptors (Lipinski definition) is 3. The minimum atomic E-state index is 0.680. The third kappa shape index (κ3) is 4.22. The molecule has 1 aliphatic heterocycles. The molecule has 1 heterocycles. The number of para-hydroxylation sites is 1. The number of piperazine rings is 1. The van der Waals surface area contributed by atoms with Crippen LogP contribution in [0.3, 0.4) is 0 Å². The molecular weight excluding hydrogens is 234 g/mol. The Labute approximate surface area is 117 Å². The van der Waals surface area contributed by atoms with Crippen molar-refractivity contribution in [3.63, 3.8) is 0 Å². The van der Waals surface area contributed by atoms with Crippen molar-refractivity contribution in [2.24, 2.45) is 0 Å². The maximum absolute atomic E-state index is 3.42. The molecular formula is C16H27N3. The first-order valence-electron chi connectivity index (χ1n) is 7.56. The van der Waals surface area contributed by atoms with Crippen LogP contribution in [0.1, 0.15) is 20.3 Å². The minimum absolute atomic E-state index is 0.680. The maximum atomic E-state index is 3.42. The van der Waals surface area contributed by atoms with Gasteiger partial charge < -0.3 is 10.2 Å². The third-order valence-corrected chi connectivity index (χ3v) is 4.09. The molecule has 3 heteroatoms. The van der Waals surface area contributed by atoms with Crippen LogP contribution in [-0.2, 0) is 0 Å². The molecule has 0 spiro atoms. The van der Waals surface area contributed by atoms with Gasteiger partial charge >= 0.3 is 0 Å². The molecule has 0 aliphatic carbocycles. The Hall–Kier alpha value is -1.06. The Morgan fingerprint density at radius 2 is 1.89 bits per heavy atom. The van der Waals surface area contributed by atoms with Crippen molar-refractivity contribution in [2.75, 3.05) is 44.2 Å². The standard InChI is InChI=1S/C16H27N3/c1-3-18(16-7-5-4-6-8-16)12-9-15(2)19-13-10-17-11-14-19/h4-8,15,17H,3,9-14H2,1-2H3. The molecule has 1 N–H and O–H groups in total. The molecule has 1 aromatic rings. The van der Waals surface area contributed by atoms with Gasteiger partial charge in [0.15, 0.2) is 0 Å². The molecule has 2 rings (SSSR count). The van der Waals surface area contributed by atoms with E-state index in [4.69, 9.17) is 0 Å². The van der Waals surface area contributed by atoms with Crippen molar-refractivity contribution in [3.05, 3.63) is 30.3 Å². The lowest BCUT2D eigenvalue weighted by Gasteiger charge is -2.34. The predicted molar refractivity (Wildman–Crippen MR) is 82.9 cm³/mol. The van der Waals surface area contributed by atoms with E-state index in [1.807, 2.05) is 0 Å². The summed E-state index contributed by atoms with van der Waals surface area (Å²) in [6, 6.07) is 11.4. The molecule has 0 aromatic heterocycles. The van der Waals surface area contributed by atoms with Crippen LogP contribution < -0.4 is 10.2 Å². The molecule has 3 nitrogen and oxygen atoms in total. The fraction of sp³-hybridized carbons (Fsp3) is 0.625. The number of benzene rings is 1. The van der Waals surface area contributed by atoms with Gasteiger partial charge in [-0.25, -0.2) is 0 Å². The Bertz CT molecular complexity index is 346. The van der Waals surface area contributed by atoms with Gasteiger partial charge in [-0.15, -0.1) is 0 Å². The monoisotopic (exact) mass is 261 g/mol. The van der Waals surface area contributed by atoms with E-state index < -0.39 is 0 Å². The molecule has 106 valence electrons. The average molecular weight is 261 g/mol. The van der Waals surface area contributed by atoms with Crippen molar-refractivity contribution in [3.8, 4) is 0 Å². The van der Waals surface area contributed by atoms with Crippen molar-refractivity contribution in [1.82, 2.24) is 10.2 Å². The van der Waals surface area contributed by atoms with Crippen LogP contribution >= 0.6 is 0 Å². The van der Waals surface area contributed by atoms with E-state index in [1.54, 1.807) is 0 Å². The van der Waals surface area contributed by atoms with Gasteiger partial charge in [0.1, 0.15) is 0 Å². The van der Waals surface area contributed by atoms with Crippen molar-refractivity contribution < 1.29 is 0 Å². The first-order chi connectivity index (χ1) is 9.31. The van der Waals surface area contributed by atoms with Gasteiger partial charge in [-0.2, -0.15) is 0 Å². The molecule has 1 aliphatic rings. The highest BCUT2D eigenvalue weighted by molar-refractivity contribution is 5.45. The number of rotatable bonds is 6. The molecule has 0 amide bonds. The van der Waals surface area contributed by atoms with Crippen LogP contribution in [0.15, 0.2) is 30.3 Å². The molecule has 1 aromatic carbocycles. The summed E-state index contributed by atoms with van der Waals surface area (Å²) in [7, 11) is 0. The number of hydrogen-bond donors (Lipinski definition) is 1. The normalized spacial score (nSPS) is 18.2. The van der Waals surface area contributed by atoms with Gasteiger partial charge in [-0.3, -0.25) is 4.90 Å². The fourth-order valence-corrected chi connectivity index (χ4v) is 2.76. The molecule has 1 unspecified atom stereocenters. The highest BCUT2D eigenvalue weighted by atomic mass is 15.2. The molecule has 1 atom stereocenters. The third-order valence-electron chi connectivity index (χ3n) is 4.09. The molecule has 0 radical (unpaired) electrons.